The van der Waals surface area contributed by atoms with Gasteiger partial charge in [-0.15, -0.1) is 0 Å². The number of aromatic carboxylic acids is 1. The molecule has 0 unspecified atom stereocenters. The first kappa shape index (κ1) is 12.6. The molecule has 2 fully saturated rings. The minimum absolute atomic E-state index is 0.355. The van der Waals surface area contributed by atoms with E-state index in [1.165, 1.54) is 18.4 Å². The van der Waals surface area contributed by atoms with Gasteiger partial charge in [0.05, 0.1) is 5.56 Å². The quantitative estimate of drug-likeness (QED) is 0.904. The zero-order chi connectivity index (χ0) is 13.3. The Morgan fingerprint density at radius 1 is 1.21 bits per heavy atom. The Hall–Kier alpha value is -1.39. The number of hydrogen-bond acceptors (Lipinski definition) is 3. The zero-order valence-corrected chi connectivity index (χ0v) is 11.0. The molecule has 0 aromatic heterocycles. The molecule has 2 heterocycles. The number of hydrogen-bond donors (Lipinski definition) is 1. The lowest BCUT2D eigenvalue weighted by Crippen LogP contribution is -2.57. The predicted molar refractivity (Wildman–Crippen MR) is 71.2 cm³/mol. The zero-order valence-electron chi connectivity index (χ0n) is 11.0. The molecule has 0 amide bonds. The Bertz CT molecular complexity index is 455. The first-order valence-electron chi connectivity index (χ1n) is 6.79. The monoisotopic (exact) mass is 261 g/mol. The summed E-state index contributed by atoms with van der Waals surface area (Å²) in [6.45, 7) is 5.03. The second-order valence-corrected chi connectivity index (χ2v) is 5.76. The summed E-state index contributed by atoms with van der Waals surface area (Å²) >= 11 is 0. The summed E-state index contributed by atoms with van der Waals surface area (Å²) in [5, 5.41) is 8.86. The van der Waals surface area contributed by atoms with E-state index in [9.17, 15) is 4.79 Å². The topological polar surface area (TPSA) is 49.8 Å². The van der Waals surface area contributed by atoms with Crippen LogP contribution in [0.1, 0.15) is 28.8 Å². The number of ether oxygens (including phenoxy) is 1. The van der Waals surface area contributed by atoms with E-state index < -0.39 is 5.97 Å². The van der Waals surface area contributed by atoms with E-state index in [1.54, 1.807) is 12.1 Å². The van der Waals surface area contributed by atoms with Gasteiger partial charge in [-0.25, -0.2) is 4.79 Å². The van der Waals surface area contributed by atoms with Gasteiger partial charge in [-0.05, 0) is 30.5 Å². The van der Waals surface area contributed by atoms with Crippen molar-refractivity contribution in [2.24, 2.45) is 5.41 Å². The molecule has 1 aromatic rings. The highest BCUT2D eigenvalue weighted by Crippen LogP contribution is 2.40. The highest BCUT2D eigenvalue weighted by atomic mass is 16.5. The SMILES string of the molecule is O=C(O)c1ccc(CN2CC3(CCOCC3)C2)cc1. The van der Waals surface area contributed by atoms with Gasteiger partial charge in [-0.2, -0.15) is 0 Å². The normalized spacial score (nSPS) is 22.1. The summed E-state index contributed by atoms with van der Waals surface area (Å²) in [6, 6.07) is 7.19. The van der Waals surface area contributed by atoms with Crippen LogP contribution in [0.5, 0.6) is 0 Å². The van der Waals surface area contributed by atoms with E-state index in [-0.39, 0.29) is 0 Å². The van der Waals surface area contributed by atoms with Crippen LogP contribution < -0.4 is 0 Å². The molecular weight excluding hydrogens is 242 g/mol. The van der Waals surface area contributed by atoms with Crippen molar-refractivity contribution in [3.63, 3.8) is 0 Å². The predicted octanol–water partition coefficient (Wildman–Crippen LogP) is 2.00. The van der Waals surface area contributed by atoms with Gasteiger partial charge in [0.2, 0.25) is 0 Å². The van der Waals surface area contributed by atoms with Crippen molar-refractivity contribution >= 4 is 5.97 Å². The first-order chi connectivity index (χ1) is 9.17. The Morgan fingerprint density at radius 2 is 1.84 bits per heavy atom. The lowest BCUT2D eigenvalue weighted by Gasteiger charge is -2.52. The summed E-state index contributed by atoms with van der Waals surface area (Å²) in [5.41, 5.74) is 2.04. The molecule has 1 aromatic carbocycles. The van der Waals surface area contributed by atoms with E-state index in [1.807, 2.05) is 12.1 Å². The highest BCUT2D eigenvalue weighted by Gasteiger charge is 2.43. The van der Waals surface area contributed by atoms with E-state index in [0.717, 1.165) is 32.8 Å². The van der Waals surface area contributed by atoms with Gasteiger partial charge in [-0.1, -0.05) is 12.1 Å². The Morgan fingerprint density at radius 3 is 2.42 bits per heavy atom. The summed E-state index contributed by atoms with van der Waals surface area (Å²) in [7, 11) is 0. The summed E-state index contributed by atoms with van der Waals surface area (Å²) in [5.74, 6) is -0.864. The molecule has 0 aliphatic carbocycles. The van der Waals surface area contributed by atoms with Crippen LogP contribution >= 0.6 is 0 Å². The standard InChI is InChI=1S/C15H19NO3/c17-14(18)13-3-1-12(2-4-13)9-16-10-15(11-16)5-7-19-8-6-15/h1-4H,5-11H2,(H,17,18). The maximum atomic E-state index is 10.8. The largest absolute Gasteiger partial charge is 0.478 e. The van der Waals surface area contributed by atoms with Gasteiger partial charge in [0.1, 0.15) is 0 Å². The van der Waals surface area contributed by atoms with Gasteiger partial charge in [0, 0.05) is 38.3 Å². The lowest BCUT2D eigenvalue weighted by atomic mass is 9.73. The van der Waals surface area contributed by atoms with Crippen molar-refractivity contribution in [1.82, 2.24) is 4.90 Å². The van der Waals surface area contributed by atoms with Crippen molar-refractivity contribution in [2.45, 2.75) is 19.4 Å². The van der Waals surface area contributed by atoms with Crippen LogP contribution in [0.3, 0.4) is 0 Å². The van der Waals surface area contributed by atoms with Gasteiger partial charge in [-0.3, -0.25) is 4.90 Å². The molecule has 0 saturated carbocycles. The molecule has 1 spiro atoms. The molecule has 0 radical (unpaired) electrons. The van der Waals surface area contributed by atoms with Crippen LogP contribution in [0.15, 0.2) is 24.3 Å². The molecule has 3 rings (SSSR count). The molecule has 0 atom stereocenters. The van der Waals surface area contributed by atoms with Gasteiger partial charge in [0.25, 0.3) is 0 Å². The number of carboxylic acids is 1. The number of nitrogens with zero attached hydrogens (tertiary/aromatic N) is 1. The third-order valence-electron chi connectivity index (χ3n) is 4.28. The van der Waals surface area contributed by atoms with E-state index in [4.69, 9.17) is 9.84 Å². The Kier molecular flexibility index (Phi) is 3.29. The fourth-order valence-corrected chi connectivity index (χ4v) is 3.15. The maximum absolute atomic E-state index is 10.8. The third kappa shape index (κ3) is 2.65. The molecule has 0 bridgehead atoms. The van der Waals surface area contributed by atoms with Crippen molar-refractivity contribution in [1.29, 1.82) is 0 Å². The van der Waals surface area contributed by atoms with E-state index in [0.29, 0.717) is 11.0 Å². The van der Waals surface area contributed by atoms with Crippen LogP contribution in [0.4, 0.5) is 0 Å². The van der Waals surface area contributed by atoms with Crippen LogP contribution in [-0.2, 0) is 11.3 Å². The fraction of sp³-hybridized carbons (Fsp3) is 0.533. The number of likely N-dealkylation sites (tertiary alicyclic amines) is 1. The second kappa shape index (κ2) is 4.94. The summed E-state index contributed by atoms with van der Waals surface area (Å²) < 4.78 is 5.42. The second-order valence-electron chi connectivity index (χ2n) is 5.76. The van der Waals surface area contributed by atoms with Crippen LogP contribution in [-0.4, -0.2) is 42.3 Å². The Labute approximate surface area is 113 Å². The van der Waals surface area contributed by atoms with E-state index >= 15 is 0 Å². The molecule has 102 valence electrons. The molecule has 2 saturated heterocycles. The Balaban J connectivity index is 1.54. The minimum atomic E-state index is -0.864. The molecule has 4 heteroatoms. The van der Waals surface area contributed by atoms with Crippen molar-refractivity contribution in [2.75, 3.05) is 26.3 Å². The molecule has 1 N–H and O–H groups in total. The van der Waals surface area contributed by atoms with Crippen molar-refractivity contribution in [3.05, 3.63) is 35.4 Å². The summed E-state index contributed by atoms with van der Waals surface area (Å²) in [6.07, 6.45) is 2.36. The highest BCUT2D eigenvalue weighted by molar-refractivity contribution is 5.87. The molecule has 4 nitrogen and oxygen atoms in total. The number of carboxylic acid groups (broad SMARTS) is 1. The van der Waals surface area contributed by atoms with Crippen LogP contribution in [0.25, 0.3) is 0 Å². The molecule has 19 heavy (non-hydrogen) atoms. The first-order valence-corrected chi connectivity index (χ1v) is 6.79. The van der Waals surface area contributed by atoms with E-state index in [2.05, 4.69) is 4.90 Å². The average Bonchev–Trinajstić information content (AvgIpc) is 2.39. The van der Waals surface area contributed by atoms with Gasteiger partial charge >= 0.3 is 5.97 Å². The molecular formula is C15H19NO3. The van der Waals surface area contributed by atoms with Crippen molar-refractivity contribution in [3.8, 4) is 0 Å². The van der Waals surface area contributed by atoms with Crippen LogP contribution in [0.2, 0.25) is 0 Å². The molecule has 2 aliphatic heterocycles. The number of benzene rings is 1. The smallest absolute Gasteiger partial charge is 0.335 e. The van der Waals surface area contributed by atoms with Crippen LogP contribution in [0, 0.1) is 5.41 Å². The summed E-state index contributed by atoms with van der Waals surface area (Å²) in [4.78, 5) is 13.2. The maximum Gasteiger partial charge on any atom is 0.335 e. The average molecular weight is 261 g/mol. The van der Waals surface area contributed by atoms with Gasteiger partial charge in [0.15, 0.2) is 0 Å². The number of carbonyl (C=O) groups is 1. The van der Waals surface area contributed by atoms with Gasteiger partial charge < -0.3 is 9.84 Å². The number of rotatable bonds is 3. The molecule has 2 aliphatic rings. The fourth-order valence-electron chi connectivity index (χ4n) is 3.15. The van der Waals surface area contributed by atoms with Crippen molar-refractivity contribution < 1.29 is 14.6 Å². The third-order valence-corrected chi connectivity index (χ3v) is 4.28. The minimum Gasteiger partial charge on any atom is -0.478 e. The lowest BCUT2D eigenvalue weighted by molar-refractivity contribution is -0.0839.